The molecule has 3 rings (SSSR count). The van der Waals surface area contributed by atoms with Crippen LogP contribution in [-0.4, -0.2) is 39.1 Å². The minimum Gasteiger partial charge on any atom is -0.396 e. The SMILES string of the molecule is Cc1nn(C)c2ncc(NC(=O)NCC3(CO)CC3)cc12. The number of urea groups is 1. The van der Waals surface area contributed by atoms with Crippen LogP contribution in [0.4, 0.5) is 10.5 Å². The van der Waals surface area contributed by atoms with Gasteiger partial charge in [-0.1, -0.05) is 0 Å². The van der Waals surface area contributed by atoms with Gasteiger partial charge in [-0.2, -0.15) is 5.10 Å². The van der Waals surface area contributed by atoms with Crippen molar-refractivity contribution >= 4 is 22.8 Å². The number of aromatic nitrogens is 3. The fourth-order valence-electron chi connectivity index (χ4n) is 2.39. The molecule has 1 aliphatic rings. The minimum absolute atomic E-state index is 0.0977. The summed E-state index contributed by atoms with van der Waals surface area (Å²) in [6.45, 7) is 2.53. The summed E-state index contributed by atoms with van der Waals surface area (Å²) >= 11 is 0. The van der Waals surface area contributed by atoms with E-state index < -0.39 is 0 Å². The van der Waals surface area contributed by atoms with Crippen LogP contribution < -0.4 is 10.6 Å². The molecule has 21 heavy (non-hydrogen) atoms. The summed E-state index contributed by atoms with van der Waals surface area (Å²) in [7, 11) is 1.84. The Balaban J connectivity index is 1.67. The Bertz CT molecular complexity index is 690. The molecule has 1 saturated carbocycles. The predicted molar refractivity (Wildman–Crippen MR) is 79.0 cm³/mol. The summed E-state index contributed by atoms with van der Waals surface area (Å²) < 4.78 is 1.71. The van der Waals surface area contributed by atoms with Crippen LogP contribution >= 0.6 is 0 Å². The molecule has 0 aliphatic heterocycles. The Kier molecular flexibility index (Phi) is 3.29. The standard InChI is InChI=1S/C14H19N5O2/c1-9-11-5-10(6-15-12(11)19(2)18-9)17-13(21)16-7-14(8-20)3-4-14/h5-6,20H,3-4,7-8H2,1-2H3,(H2,16,17,21). The Morgan fingerprint density at radius 3 is 2.95 bits per heavy atom. The normalized spacial score (nSPS) is 16.0. The number of fused-ring (bicyclic) bond motifs is 1. The van der Waals surface area contributed by atoms with Crippen molar-refractivity contribution in [2.45, 2.75) is 19.8 Å². The van der Waals surface area contributed by atoms with E-state index >= 15 is 0 Å². The molecule has 0 spiro atoms. The van der Waals surface area contributed by atoms with E-state index in [0.717, 1.165) is 29.6 Å². The van der Waals surface area contributed by atoms with E-state index in [2.05, 4.69) is 20.7 Å². The molecule has 1 aliphatic carbocycles. The fourth-order valence-corrected chi connectivity index (χ4v) is 2.39. The zero-order valence-corrected chi connectivity index (χ0v) is 12.2. The van der Waals surface area contributed by atoms with Crippen LogP contribution in [0.25, 0.3) is 11.0 Å². The number of carbonyl (C=O) groups excluding carboxylic acids is 1. The van der Waals surface area contributed by atoms with Gasteiger partial charge in [0.25, 0.3) is 0 Å². The second kappa shape index (κ2) is 5.00. The molecule has 7 nitrogen and oxygen atoms in total. The average Bonchev–Trinajstić information content (AvgIpc) is 3.20. The van der Waals surface area contributed by atoms with Crippen molar-refractivity contribution in [3.05, 3.63) is 18.0 Å². The quantitative estimate of drug-likeness (QED) is 0.788. The van der Waals surface area contributed by atoms with Gasteiger partial charge in [0.05, 0.1) is 24.2 Å². The molecule has 2 aromatic rings. The lowest BCUT2D eigenvalue weighted by Gasteiger charge is -2.13. The van der Waals surface area contributed by atoms with E-state index in [9.17, 15) is 9.90 Å². The highest BCUT2D eigenvalue weighted by molar-refractivity contribution is 5.92. The van der Waals surface area contributed by atoms with E-state index in [1.807, 2.05) is 20.0 Å². The number of pyridine rings is 1. The molecule has 2 aromatic heterocycles. The molecule has 0 atom stereocenters. The minimum atomic E-state index is -0.280. The van der Waals surface area contributed by atoms with Crippen molar-refractivity contribution in [2.75, 3.05) is 18.5 Å². The van der Waals surface area contributed by atoms with Gasteiger partial charge in [-0.25, -0.2) is 9.78 Å². The van der Waals surface area contributed by atoms with E-state index in [1.54, 1.807) is 10.9 Å². The lowest BCUT2D eigenvalue weighted by atomic mass is 10.1. The zero-order valence-electron chi connectivity index (χ0n) is 12.2. The molecular weight excluding hydrogens is 270 g/mol. The Morgan fingerprint density at radius 1 is 1.52 bits per heavy atom. The summed E-state index contributed by atoms with van der Waals surface area (Å²) in [5, 5.41) is 20.0. The second-order valence-electron chi connectivity index (χ2n) is 5.77. The largest absolute Gasteiger partial charge is 0.396 e. The van der Waals surface area contributed by atoms with Crippen LogP contribution in [0.5, 0.6) is 0 Å². The first kappa shape index (κ1) is 13.8. The summed E-state index contributed by atoms with van der Waals surface area (Å²) in [4.78, 5) is 16.2. The molecule has 0 aromatic carbocycles. The smallest absolute Gasteiger partial charge is 0.319 e. The number of hydrogen-bond acceptors (Lipinski definition) is 4. The highest BCUT2D eigenvalue weighted by Gasteiger charge is 2.42. The van der Waals surface area contributed by atoms with Gasteiger partial charge in [0.15, 0.2) is 5.65 Å². The molecule has 0 saturated heterocycles. The molecule has 112 valence electrons. The van der Waals surface area contributed by atoms with Gasteiger partial charge in [-0.3, -0.25) is 4.68 Å². The van der Waals surface area contributed by atoms with Crippen molar-refractivity contribution in [1.29, 1.82) is 0 Å². The molecule has 2 heterocycles. The van der Waals surface area contributed by atoms with Crippen LogP contribution in [0.3, 0.4) is 0 Å². The molecule has 7 heteroatoms. The Labute approximate surface area is 122 Å². The fraction of sp³-hybridized carbons (Fsp3) is 0.500. The highest BCUT2D eigenvalue weighted by Crippen LogP contribution is 2.44. The van der Waals surface area contributed by atoms with Gasteiger partial charge >= 0.3 is 6.03 Å². The molecule has 0 unspecified atom stereocenters. The highest BCUT2D eigenvalue weighted by atomic mass is 16.3. The number of hydrogen-bond donors (Lipinski definition) is 3. The maximum absolute atomic E-state index is 11.9. The number of aryl methyl sites for hydroxylation is 2. The third-order valence-electron chi connectivity index (χ3n) is 4.04. The number of rotatable bonds is 4. The zero-order chi connectivity index (χ0) is 15.0. The number of nitrogens with zero attached hydrogens (tertiary/aromatic N) is 3. The van der Waals surface area contributed by atoms with E-state index in [1.165, 1.54) is 0 Å². The molecule has 0 bridgehead atoms. The third-order valence-corrected chi connectivity index (χ3v) is 4.04. The Morgan fingerprint density at radius 2 is 2.29 bits per heavy atom. The number of anilines is 1. The van der Waals surface area contributed by atoms with Crippen molar-refractivity contribution in [3.8, 4) is 0 Å². The van der Waals surface area contributed by atoms with Gasteiger partial charge in [-0.15, -0.1) is 0 Å². The first-order valence-electron chi connectivity index (χ1n) is 6.98. The second-order valence-corrected chi connectivity index (χ2v) is 5.77. The number of carbonyl (C=O) groups is 1. The Hall–Kier alpha value is -2.15. The van der Waals surface area contributed by atoms with Crippen LogP contribution in [0.1, 0.15) is 18.5 Å². The first-order valence-corrected chi connectivity index (χ1v) is 6.98. The molecular formula is C14H19N5O2. The van der Waals surface area contributed by atoms with E-state index in [-0.39, 0.29) is 18.1 Å². The molecule has 2 amide bonds. The first-order chi connectivity index (χ1) is 10.0. The van der Waals surface area contributed by atoms with Gasteiger partial charge in [-0.05, 0) is 25.8 Å². The molecule has 3 N–H and O–H groups in total. The van der Waals surface area contributed by atoms with Crippen molar-refractivity contribution in [3.63, 3.8) is 0 Å². The summed E-state index contributed by atoms with van der Waals surface area (Å²) in [6, 6.07) is 1.58. The van der Waals surface area contributed by atoms with Crippen LogP contribution in [-0.2, 0) is 7.05 Å². The summed E-state index contributed by atoms with van der Waals surface area (Å²) in [5.41, 5.74) is 2.20. The average molecular weight is 289 g/mol. The lowest BCUT2D eigenvalue weighted by molar-refractivity contribution is 0.206. The number of amides is 2. The summed E-state index contributed by atoms with van der Waals surface area (Å²) in [6.07, 6.45) is 3.54. The van der Waals surface area contributed by atoms with Crippen molar-refractivity contribution in [1.82, 2.24) is 20.1 Å². The van der Waals surface area contributed by atoms with Crippen molar-refractivity contribution in [2.24, 2.45) is 12.5 Å². The van der Waals surface area contributed by atoms with E-state index in [0.29, 0.717) is 12.2 Å². The topological polar surface area (TPSA) is 92.1 Å². The number of aliphatic hydroxyl groups excluding tert-OH is 1. The van der Waals surface area contributed by atoms with Crippen molar-refractivity contribution < 1.29 is 9.90 Å². The third kappa shape index (κ3) is 2.69. The number of nitrogens with one attached hydrogen (secondary N) is 2. The predicted octanol–water partition coefficient (Wildman–Crippen LogP) is 1.17. The van der Waals surface area contributed by atoms with Crippen LogP contribution in [0, 0.1) is 12.3 Å². The van der Waals surface area contributed by atoms with Gasteiger partial charge < -0.3 is 15.7 Å². The maximum atomic E-state index is 11.9. The lowest BCUT2D eigenvalue weighted by Crippen LogP contribution is -2.35. The summed E-state index contributed by atoms with van der Waals surface area (Å²) in [5.74, 6) is 0. The monoisotopic (exact) mass is 289 g/mol. The van der Waals surface area contributed by atoms with Gasteiger partial charge in [0, 0.05) is 24.4 Å². The molecule has 0 radical (unpaired) electrons. The molecule has 1 fully saturated rings. The van der Waals surface area contributed by atoms with Gasteiger partial charge in [0.1, 0.15) is 0 Å². The number of aliphatic hydroxyl groups is 1. The van der Waals surface area contributed by atoms with Gasteiger partial charge in [0.2, 0.25) is 0 Å². The van der Waals surface area contributed by atoms with Crippen LogP contribution in [0.2, 0.25) is 0 Å². The van der Waals surface area contributed by atoms with E-state index in [4.69, 9.17) is 0 Å². The van der Waals surface area contributed by atoms with Crippen LogP contribution in [0.15, 0.2) is 12.3 Å². The maximum Gasteiger partial charge on any atom is 0.319 e.